The van der Waals surface area contributed by atoms with Gasteiger partial charge in [-0.1, -0.05) is 30.3 Å². The molecule has 1 aromatic carbocycles. The Labute approximate surface area is 148 Å². The molecule has 1 saturated heterocycles. The number of amides is 1. The minimum Gasteiger partial charge on any atom is -0.350 e. The highest BCUT2D eigenvalue weighted by atomic mass is 32.1. The first-order chi connectivity index (χ1) is 11.7. The van der Waals surface area contributed by atoms with E-state index in [1.54, 1.807) is 11.3 Å². The minimum absolute atomic E-state index is 0.121. The van der Waals surface area contributed by atoms with E-state index in [0.717, 1.165) is 32.7 Å². The molecule has 1 aliphatic rings. The van der Waals surface area contributed by atoms with Gasteiger partial charge in [0.2, 0.25) is 5.91 Å². The van der Waals surface area contributed by atoms with Crippen LogP contribution in [0.5, 0.6) is 0 Å². The number of nitrogens with one attached hydrogen (secondary N) is 1. The van der Waals surface area contributed by atoms with Crippen molar-refractivity contribution in [2.75, 3.05) is 32.7 Å². The van der Waals surface area contributed by atoms with E-state index >= 15 is 0 Å². The highest BCUT2D eigenvalue weighted by Crippen LogP contribution is 2.12. The predicted octanol–water partition coefficient (Wildman–Crippen LogP) is 2.49. The number of aryl methyl sites for hydroxylation is 1. The number of thiophene rings is 1. The van der Waals surface area contributed by atoms with Gasteiger partial charge in [-0.2, -0.15) is 0 Å². The van der Waals surface area contributed by atoms with Crippen LogP contribution in [0.25, 0.3) is 0 Å². The van der Waals surface area contributed by atoms with Crippen LogP contribution in [-0.4, -0.2) is 48.4 Å². The molecule has 0 bridgehead atoms. The van der Waals surface area contributed by atoms with Gasteiger partial charge in [-0.05, 0) is 29.5 Å². The Kier molecular flexibility index (Phi) is 6.01. The second kappa shape index (κ2) is 8.42. The molecule has 1 aromatic heterocycles. The first-order valence-electron chi connectivity index (χ1n) is 8.49. The van der Waals surface area contributed by atoms with E-state index in [2.05, 4.69) is 52.4 Å². The van der Waals surface area contributed by atoms with E-state index in [0.29, 0.717) is 13.1 Å². The van der Waals surface area contributed by atoms with Crippen LogP contribution in [0, 0.1) is 6.92 Å². The first-order valence-corrected chi connectivity index (χ1v) is 9.37. The van der Waals surface area contributed by atoms with Gasteiger partial charge in [0, 0.05) is 37.6 Å². The summed E-state index contributed by atoms with van der Waals surface area (Å²) in [6.07, 6.45) is 0. The van der Waals surface area contributed by atoms with Gasteiger partial charge in [-0.25, -0.2) is 0 Å². The van der Waals surface area contributed by atoms with Crippen molar-refractivity contribution in [1.82, 2.24) is 15.1 Å². The van der Waals surface area contributed by atoms with Gasteiger partial charge in [-0.3, -0.25) is 14.6 Å². The zero-order valence-electron chi connectivity index (χ0n) is 14.2. The third-order valence-electron chi connectivity index (χ3n) is 4.53. The summed E-state index contributed by atoms with van der Waals surface area (Å²) >= 11 is 1.68. The average Bonchev–Trinajstić information content (AvgIpc) is 3.10. The average molecular weight is 343 g/mol. The van der Waals surface area contributed by atoms with Crippen LogP contribution in [0.1, 0.15) is 16.0 Å². The topological polar surface area (TPSA) is 35.6 Å². The molecule has 0 radical (unpaired) electrons. The number of nitrogens with zero attached hydrogens (tertiary/aromatic N) is 2. The third-order valence-corrected chi connectivity index (χ3v) is 5.40. The quantitative estimate of drug-likeness (QED) is 0.875. The van der Waals surface area contributed by atoms with Crippen molar-refractivity contribution in [1.29, 1.82) is 0 Å². The second-order valence-corrected chi connectivity index (χ2v) is 7.37. The van der Waals surface area contributed by atoms with Gasteiger partial charge in [0.25, 0.3) is 0 Å². The molecule has 128 valence electrons. The number of piperazine rings is 1. The molecule has 24 heavy (non-hydrogen) atoms. The van der Waals surface area contributed by atoms with E-state index in [9.17, 15) is 4.79 Å². The number of hydrogen-bond donors (Lipinski definition) is 1. The normalized spacial score (nSPS) is 16.2. The van der Waals surface area contributed by atoms with Crippen molar-refractivity contribution < 1.29 is 4.79 Å². The molecule has 2 heterocycles. The molecule has 5 heteroatoms. The summed E-state index contributed by atoms with van der Waals surface area (Å²) in [6, 6.07) is 12.6. The van der Waals surface area contributed by atoms with Crippen LogP contribution < -0.4 is 5.32 Å². The van der Waals surface area contributed by atoms with Crippen molar-refractivity contribution >= 4 is 17.2 Å². The van der Waals surface area contributed by atoms with Gasteiger partial charge in [0.15, 0.2) is 0 Å². The van der Waals surface area contributed by atoms with Crippen LogP contribution in [0.15, 0.2) is 41.8 Å². The lowest BCUT2D eigenvalue weighted by atomic mass is 10.1. The Morgan fingerprint density at radius 3 is 2.54 bits per heavy atom. The summed E-state index contributed by atoms with van der Waals surface area (Å²) < 4.78 is 0. The zero-order chi connectivity index (χ0) is 16.8. The molecule has 4 nitrogen and oxygen atoms in total. The summed E-state index contributed by atoms with van der Waals surface area (Å²) in [7, 11) is 0. The van der Waals surface area contributed by atoms with Crippen molar-refractivity contribution in [3.8, 4) is 0 Å². The van der Waals surface area contributed by atoms with Gasteiger partial charge in [0.1, 0.15) is 0 Å². The van der Waals surface area contributed by atoms with Gasteiger partial charge >= 0.3 is 0 Å². The zero-order valence-corrected chi connectivity index (χ0v) is 15.0. The first kappa shape index (κ1) is 17.1. The summed E-state index contributed by atoms with van der Waals surface area (Å²) in [5.41, 5.74) is 2.76. The fourth-order valence-electron chi connectivity index (χ4n) is 2.99. The highest BCUT2D eigenvalue weighted by Gasteiger charge is 2.19. The van der Waals surface area contributed by atoms with Crippen molar-refractivity contribution in [3.05, 3.63) is 57.8 Å². The van der Waals surface area contributed by atoms with E-state index in [4.69, 9.17) is 0 Å². The standard InChI is InChI=1S/C19H25N3OS/c1-16-5-2-3-6-17(16)14-21-8-10-22(11-9-21)15-19(23)20-13-18-7-4-12-24-18/h2-7,12H,8-11,13-15H2,1H3,(H,20,23). The molecule has 3 rings (SSSR count). The number of carbonyl (C=O) groups is 1. The molecule has 0 spiro atoms. The molecule has 1 fully saturated rings. The summed E-state index contributed by atoms with van der Waals surface area (Å²) in [5, 5.41) is 5.04. The number of hydrogen-bond acceptors (Lipinski definition) is 4. The van der Waals surface area contributed by atoms with Crippen LogP contribution in [0.3, 0.4) is 0 Å². The van der Waals surface area contributed by atoms with Crippen LogP contribution in [0.2, 0.25) is 0 Å². The van der Waals surface area contributed by atoms with E-state index in [-0.39, 0.29) is 5.91 Å². The Morgan fingerprint density at radius 1 is 1.08 bits per heavy atom. The summed E-state index contributed by atoms with van der Waals surface area (Å²) in [6.45, 7) is 8.28. The van der Waals surface area contributed by atoms with Gasteiger partial charge < -0.3 is 5.32 Å². The maximum absolute atomic E-state index is 12.1. The van der Waals surface area contributed by atoms with Crippen molar-refractivity contribution in [2.24, 2.45) is 0 Å². The molecule has 1 amide bonds. The number of rotatable bonds is 6. The summed E-state index contributed by atoms with van der Waals surface area (Å²) in [5.74, 6) is 0.121. The van der Waals surface area contributed by atoms with E-state index < -0.39 is 0 Å². The number of benzene rings is 1. The Bertz CT molecular complexity index is 648. The third kappa shape index (κ3) is 4.90. The lowest BCUT2D eigenvalue weighted by molar-refractivity contribution is -0.122. The maximum Gasteiger partial charge on any atom is 0.234 e. The molecular weight excluding hydrogens is 318 g/mol. The smallest absolute Gasteiger partial charge is 0.234 e. The molecule has 0 aliphatic carbocycles. The fraction of sp³-hybridized carbons (Fsp3) is 0.421. The molecule has 2 aromatic rings. The van der Waals surface area contributed by atoms with E-state index in [1.165, 1.54) is 16.0 Å². The van der Waals surface area contributed by atoms with Crippen LogP contribution in [-0.2, 0) is 17.9 Å². The maximum atomic E-state index is 12.1. The van der Waals surface area contributed by atoms with Crippen LogP contribution >= 0.6 is 11.3 Å². The SMILES string of the molecule is Cc1ccccc1CN1CCN(CC(=O)NCc2cccs2)CC1. The predicted molar refractivity (Wildman–Crippen MR) is 99.1 cm³/mol. The second-order valence-electron chi connectivity index (χ2n) is 6.33. The van der Waals surface area contributed by atoms with Crippen molar-refractivity contribution in [3.63, 3.8) is 0 Å². The molecule has 0 saturated carbocycles. The monoisotopic (exact) mass is 343 g/mol. The Morgan fingerprint density at radius 2 is 1.83 bits per heavy atom. The molecule has 0 atom stereocenters. The molecule has 1 aliphatic heterocycles. The molecule has 0 unspecified atom stereocenters. The Balaban J connectivity index is 1.39. The fourth-order valence-corrected chi connectivity index (χ4v) is 3.64. The molecular formula is C19H25N3OS. The Hall–Kier alpha value is -1.69. The van der Waals surface area contributed by atoms with Gasteiger partial charge in [0.05, 0.1) is 13.1 Å². The van der Waals surface area contributed by atoms with E-state index in [1.807, 2.05) is 11.4 Å². The van der Waals surface area contributed by atoms with Gasteiger partial charge in [-0.15, -0.1) is 11.3 Å². The largest absolute Gasteiger partial charge is 0.350 e. The van der Waals surface area contributed by atoms with Crippen molar-refractivity contribution in [2.45, 2.75) is 20.0 Å². The highest BCUT2D eigenvalue weighted by molar-refractivity contribution is 7.09. The summed E-state index contributed by atoms with van der Waals surface area (Å²) in [4.78, 5) is 18.0. The minimum atomic E-state index is 0.121. The lowest BCUT2D eigenvalue weighted by Gasteiger charge is -2.34. The number of carbonyl (C=O) groups excluding carboxylic acids is 1. The molecule has 1 N–H and O–H groups in total. The van der Waals surface area contributed by atoms with Crippen LogP contribution in [0.4, 0.5) is 0 Å². The lowest BCUT2D eigenvalue weighted by Crippen LogP contribution is -2.49.